The van der Waals surface area contributed by atoms with Crippen molar-refractivity contribution >= 4 is 17.1 Å². The Hall–Kier alpha value is -1.35. The molecule has 3 heteroatoms. The average Bonchev–Trinajstić information content (AvgIpc) is 2.90. The summed E-state index contributed by atoms with van der Waals surface area (Å²) >= 11 is 1.74. The maximum absolute atomic E-state index is 11.6. The molecular formula is C12H12O2S. The van der Waals surface area contributed by atoms with Crippen LogP contribution < -0.4 is 0 Å². The number of hydrogen-bond donors (Lipinski definition) is 0. The zero-order chi connectivity index (χ0) is 10.5. The maximum atomic E-state index is 11.6. The van der Waals surface area contributed by atoms with Crippen LogP contribution in [0.2, 0.25) is 0 Å². The minimum absolute atomic E-state index is 0.167. The van der Waals surface area contributed by atoms with Gasteiger partial charge in [-0.15, -0.1) is 11.3 Å². The Kier molecular flexibility index (Phi) is 3.35. The van der Waals surface area contributed by atoms with Gasteiger partial charge in [0.2, 0.25) is 0 Å². The van der Waals surface area contributed by atoms with Crippen molar-refractivity contribution in [3.8, 4) is 0 Å². The second-order valence-electron chi connectivity index (χ2n) is 3.37. The highest BCUT2D eigenvalue weighted by Gasteiger charge is 2.06. The minimum atomic E-state index is 0.167. The summed E-state index contributed by atoms with van der Waals surface area (Å²) in [6, 6.07) is 5.86. The van der Waals surface area contributed by atoms with Gasteiger partial charge < -0.3 is 4.42 Å². The lowest BCUT2D eigenvalue weighted by Gasteiger charge is -1.96. The quantitative estimate of drug-likeness (QED) is 0.721. The summed E-state index contributed by atoms with van der Waals surface area (Å²) in [5, 5.41) is 2.06. The Balaban J connectivity index is 1.77. The van der Waals surface area contributed by atoms with Gasteiger partial charge >= 0.3 is 0 Å². The Labute approximate surface area is 92.5 Å². The zero-order valence-electron chi connectivity index (χ0n) is 8.31. The molecule has 0 radical (unpaired) electrons. The molecule has 2 nitrogen and oxygen atoms in total. The summed E-state index contributed by atoms with van der Waals surface area (Å²) in [6.07, 6.45) is 5.53. The van der Waals surface area contributed by atoms with Gasteiger partial charge in [-0.25, -0.2) is 0 Å². The molecule has 15 heavy (non-hydrogen) atoms. The van der Waals surface area contributed by atoms with Crippen molar-refractivity contribution in [3.63, 3.8) is 0 Å². The average molecular weight is 220 g/mol. The largest absolute Gasteiger partial charge is 0.472 e. The van der Waals surface area contributed by atoms with Crippen molar-refractivity contribution in [1.29, 1.82) is 0 Å². The fourth-order valence-electron chi connectivity index (χ4n) is 1.45. The lowest BCUT2D eigenvalue weighted by Crippen LogP contribution is -1.97. The Morgan fingerprint density at radius 1 is 1.40 bits per heavy atom. The maximum Gasteiger partial charge on any atom is 0.166 e. The number of ketones is 1. The van der Waals surface area contributed by atoms with Crippen molar-refractivity contribution in [2.75, 3.05) is 0 Å². The lowest BCUT2D eigenvalue weighted by atomic mass is 10.1. The van der Waals surface area contributed by atoms with E-state index in [1.807, 2.05) is 6.07 Å². The summed E-state index contributed by atoms with van der Waals surface area (Å²) in [6.45, 7) is 0. The smallest absolute Gasteiger partial charge is 0.166 e. The van der Waals surface area contributed by atoms with E-state index in [2.05, 4.69) is 11.4 Å². The van der Waals surface area contributed by atoms with Gasteiger partial charge in [0.15, 0.2) is 5.78 Å². The van der Waals surface area contributed by atoms with Gasteiger partial charge in [0.05, 0.1) is 11.8 Å². The van der Waals surface area contributed by atoms with Crippen LogP contribution >= 0.6 is 11.3 Å². The van der Waals surface area contributed by atoms with E-state index in [0.29, 0.717) is 12.0 Å². The van der Waals surface area contributed by atoms with Gasteiger partial charge in [0.25, 0.3) is 0 Å². The van der Waals surface area contributed by atoms with Crippen LogP contribution in [0.15, 0.2) is 40.5 Å². The monoisotopic (exact) mass is 220 g/mol. The molecule has 0 aliphatic rings. The van der Waals surface area contributed by atoms with Gasteiger partial charge in [0.1, 0.15) is 6.26 Å². The summed E-state index contributed by atoms with van der Waals surface area (Å²) in [7, 11) is 0. The Morgan fingerprint density at radius 2 is 2.33 bits per heavy atom. The van der Waals surface area contributed by atoms with Crippen LogP contribution in [-0.4, -0.2) is 5.78 Å². The number of Topliss-reactive ketones (excluding diaryl/α,β-unsaturated/α-hetero) is 1. The van der Waals surface area contributed by atoms with Crippen molar-refractivity contribution in [1.82, 2.24) is 0 Å². The van der Waals surface area contributed by atoms with Gasteiger partial charge in [-0.1, -0.05) is 6.07 Å². The number of hydrogen-bond acceptors (Lipinski definition) is 3. The van der Waals surface area contributed by atoms with Gasteiger partial charge in [-0.3, -0.25) is 4.79 Å². The predicted molar refractivity (Wildman–Crippen MR) is 60.3 cm³/mol. The molecule has 0 spiro atoms. The summed E-state index contributed by atoms with van der Waals surface area (Å²) in [5.74, 6) is 0.167. The van der Waals surface area contributed by atoms with Crippen LogP contribution in [0.1, 0.15) is 28.1 Å². The van der Waals surface area contributed by atoms with Crippen LogP contribution in [0.5, 0.6) is 0 Å². The van der Waals surface area contributed by atoms with E-state index in [-0.39, 0.29) is 5.78 Å². The van der Waals surface area contributed by atoms with E-state index in [1.54, 1.807) is 17.4 Å². The number of aryl methyl sites for hydroxylation is 1. The SMILES string of the molecule is O=C(CCCc1cccs1)c1ccoc1. The second-order valence-corrected chi connectivity index (χ2v) is 4.40. The number of rotatable bonds is 5. The lowest BCUT2D eigenvalue weighted by molar-refractivity contribution is 0.0979. The molecule has 0 bridgehead atoms. The number of carbonyl (C=O) groups is 1. The molecule has 0 unspecified atom stereocenters. The first-order valence-electron chi connectivity index (χ1n) is 4.94. The molecule has 2 aromatic rings. The first kappa shape index (κ1) is 10.2. The molecule has 0 atom stereocenters. The third-order valence-electron chi connectivity index (χ3n) is 2.25. The molecule has 0 aliphatic heterocycles. The highest BCUT2D eigenvalue weighted by Crippen LogP contribution is 2.13. The third-order valence-corrected chi connectivity index (χ3v) is 3.19. The molecule has 0 aliphatic carbocycles. The molecular weight excluding hydrogens is 208 g/mol. The predicted octanol–water partition coefficient (Wildman–Crippen LogP) is 3.55. The van der Waals surface area contributed by atoms with E-state index in [0.717, 1.165) is 12.8 Å². The van der Waals surface area contributed by atoms with Crippen molar-refractivity contribution in [3.05, 3.63) is 46.5 Å². The fraction of sp³-hybridized carbons (Fsp3) is 0.250. The minimum Gasteiger partial charge on any atom is -0.472 e. The van der Waals surface area contributed by atoms with E-state index in [1.165, 1.54) is 17.4 Å². The van der Waals surface area contributed by atoms with Crippen LogP contribution in [-0.2, 0) is 6.42 Å². The molecule has 78 valence electrons. The van der Waals surface area contributed by atoms with E-state index in [9.17, 15) is 4.79 Å². The third kappa shape index (κ3) is 2.80. The first-order chi connectivity index (χ1) is 7.36. The van der Waals surface area contributed by atoms with Gasteiger partial charge in [0, 0.05) is 11.3 Å². The first-order valence-corrected chi connectivity index (χ1v) is 5.82. The summed E-state index contributed by atoms with van der Waals surface area (Å²) in [4.78, 5) is 12.9. The normalized spacial score (nSPS) is 10.4. The molecule has 0 saturated heterocycles. The molecule has 2 rings (SSSR count). The van der Waals surface area contributed by atoms with Gasteiger partial charge in [-0.2, -0.15) is 0 Å². The second kappa shape index (κ2) is 4.94. The van der Waals surface area contributed by atoms with Crippen LogP contribution in [0.3, 0.4) is 0 Å². The molecule has 0 fully saturated rings. The highest BCUT2D eigenvalue weighted by atomic mass is 32.1. The fourth-order valence-corrected chi connectivity index (χ4v) is 2.20. The Morgan fingerprint density at radius 3 is 3.00 bits per heavy atom. The molecule has 2 aromatic heterocycles. The topological polar surface area (TPSA) is 30.2 Å². The molecule has 2 heterocycles. The number of furan rings is 1. The molecule has 0 aromatic carbocycles. The van der Waals surface area contributed by atoms with Crippen molar-refractivity contribution < 1.29 is 9.21 Å². The number of thiophene rings is 1. The zero-order valence-corrected chi connectivity index (χ0v) is 9.13. The highest BCUT2D eigenvalue weighted by molar-refractivity contribution is 7.09. The molecule has 0 N–H and O–H groups in total. The van der Waals surface area contributed by atoms with Crippen LogP contribution in [0.4, 0.5) is 0 Å². The van der Waals surface area contributed by atoms with E-state index >= 15 is 0 Å². The van der Waals surface area contributed by atoms with Crippen LogP contribution in [0, 0.1) is 0 Å². The summed E-state index contributed by atoms with van der Waals surface area (Å²) in [5.41, 5.74) is 0.682. The molecule has 0 amide bonds. The summed E-state index contributed by atoms with van der Waals surface area (Å²) < 4.78 is 4.87. The Bertz CT molecular complexity index is 401. The van der Waals surface area contributed by atoms with E-state index in [4.69, 9.17) is 4.42 Å². The molecule has 0 saturated carbocycles. The van der Waals surface area contributed by atoms with Gasteiger partial charge in [-0.05, 0) is 30.4 Å². The van der Waals surface area contributed by atoms with Crippen LogP contribution in [0.25, 0.3) is 0 Å². The van der Waals surface area contributed by atoms with Crippen molar-refractivity contribution in [2.24, 2.45) is 0 Å². The number of carbonyl (C=O) groups excluding carboxylic acids is 1. The standard InChI is InChI=1S/C12H12O2S/c13-12(10-6-7-14-9-10)5-1-3-11-4-2-8-15-11/h2,4,6-9H,1,3,5H2. The van der Waals surface area contributed by atoms with E-state index < -0.39 is 0 Å². The van der Waals surface area contributed by atoms with Crippen molar-refractivity contribution in [2.45, 2.75) is 19.3 Å².